The third-order valence-corrected chi connectivity index (χ3v) is 6.83. The van der Waals surface area contributed by atoms with E-state index >= 15 is 0 Å². The summed E-state index contributed by atoms with van der Waals surface area (Å²) in [6.07, 6.45) is 3.30. The summed E-state index contributed by atoms with van der Waals surface area (Å²) in [6.45, 7) is 19.5. The topological polar surface area (TPSA) is 63.1 Å². The Balaban J connectivity index is 0.00000341. The average Bonchev–Trinajstić information content (AvgIpc) is 3.28. The van der Waals surface area contributed by atoms with Crippen molar-refractivity contribution < 1.29 is 0 Å². The number of unbranched alkanes of at least 4 members (excludes halogenated alkanes) is 1. The predicted octanol–water partition coefficient (Wildman–Crippen LogP) is 2.22. The van der Waals surface area contributed by atoms with Crippen molar-refractivity contribution in [3.05, 3.63) is 5.82 Å². The van der Waals surface area contributed by atoms with Gasteiger partial charge in [-0.2, -0.15) is 4.37 Å². The minimum absolute atomic E-state index is 0. The van der Waals surface area contributed by atoms with Crippen molar-refractivity contribution in [1.82, 2.24) is 29.4 Å². The zero-order chi connectivity index (χ0) is 21.2. The van der Waals surface area contributed by atoms with Crippen LogP contribution in [0.5, 0.6) is 0 Å². The molecule has 0 radical (unpaired) electrons. The molecule has 3 heterocycles. The highest BCUT2D eigenvalue weighted by atomic mass is 127. The normalized spacial score (nSPS) is 18.9. The monoisotopic (exact) mass is 564 g/mol. The van der Waals surface area contributed by atoms with Gasteiger partial charge in [0.1, 0.15) is 5.82 Å². The number of aliphatic imine (C=N–C) groups is 1. The number of nitrogens with zero attached hydrogens (tertiary/aromatic N) is 7. The quantitative estimate of drug-likeness (QED) is 0.214. The second-order valence-corrected chi connectivity index (χ2v) is 8.77. The molecule has 178 valence electrons. The lowest BCUT2D eigenvalue weighted by molar-refractivity contribution is 0.136. The lowest BCUT2D eigenvalue weighted by Gasteiger charge is -2.36. The number of piperazine rings is 2. The van der Waals surface area contributed by atoms with E-state index in [1.54, 1.807) is 0 Å². The Morgan fingerprint density at radius 3 is 2.29 bits per heavy atom. The number of likely N-dealkylation sites (N-methyl/N-ethyl adjacent to an activating group) is 1. The summed E-state index contributed by atoms with van der Waals surface area (Å²) in [7, 11) is 0. The molecule has 0 aromatic carbocycles. The van der Waals surface area contributed by atoms with Crippen molar-refractivity contribution in [2.75, 3.05) is 83.4 Å². The van der Waals surface area contributed by atoms with Crippen LogP contribution in [-0.2, 0) is 6.42 Å². The Kier molecular flexibility index (Phi) is 12.4. The van der Waals surface area contributed by atoms with Crippen molar-refractivity contribution >= 4 is 46.6 Å². The van der Waals surface area contributed by atoms with E-state index in [2.05, 4.69) is 55.0 Å². The molecule has 3 rings (SSSR count). The van der Waals surface area contributed by atoms with E-state index in [1.165, 1.54) is 57.2 Å². The van der Waals surface area contributed by atoms with Crippen LogP contribution in [0.3, 0.4) is 0 Å². The fourth-order valence-electron chi connectivity index (χ4n) is 4.01. The number of hydrogen-bond acceptors (Lipinski definition) is 7. The summed E-state index contributed by atoms with van der Waals surface area (Å²) in [5.74, 6) is 2.03. The molecule has 1 N–H and O–H groups in total. The highest BCUT2D eigenvalue weighted by molar-refractivity contribution is 14.0. The van der Waals surface area contributed by atoms with E-state index in [0.717, 1.165) is 69.0 Å². The number of rotatable bonds is 9. The van der Waals surface area contributed by atoms with Gasteiger partial charge >= 0.3 is 0 Å². The third-order valence-electron chi connectivity index (χ3n) is 6.01. The third kappa shape index (κ3) is 8.29. The van der Waals surface area contributed by atoms with Crippen LogP contribution in [0.25, 0.3) is 0 Å². The van der Waals surface area contributed by atoms with E-state index in [1.807, 2.05) is 0 Å². The molecule has 2 aliphatic rings. The Hall–Kier alpha value is -0.720. The molecular weight excluding hydrogens is 523 g/mol. The maximum Gasteiger partial charge on any atom is 0.205 e. The first-order valence-electron chi connectivity index (χ1n) is 11.8. The highest BCUT2D eigenvalue weighted by Gasteiger charge is 2.22. The first kappa shape index (κ1) is 26.5. The SMILES string of the molecule is CCNC(=NCCCCN1CCN(CC)CC1)N1CCN(c2nc(CC)ns2)CC1.I. The molecule has 8 nitrogen and oxygen atoms in total. The largest absolute Gasteiger partial charge is 0.357 e. The van der Waals surface area contributed by atoms with Gasteiger partial charge in [-0.15, -0.1) is 24.0 Å². The van der Waals surface area contributed by atoms with E-state index in [-0.39, 0.29) is 24.0 Å². The number of anilines is 1. The van der Waals surface area contributed by atoms with Crippen LogP contribution in [-0.4, -0.2) is 109 Å². The van der Waals surface area contributed by atoms with Crippen LogP contribution in [0.2, 0.25) is 0 Å². The van der Waals surface area contributed by atoms with Crippen molar-refractivity contribution in [2.45, 2.75) is 40.0 Å². The number of halogens is 1. The number of hydrogen-bond donors (Lipinski definition) is 1. The molecule has 0 spiro atoms. The molecule has 10 heteroatoms. The standard InChI is InChI=1S/C21H40N8S.HI/c1-4-19-24-21(30-25-19)29-17-15-28(16-18-29)20(22-5-2)23-9-7-8-10-27-13-11-26(6-3)12-14-27;/h4-18H2,1-3H3,(H,22,23);1H. The van der Waals surface area contributed by atoms with Gasteiger partial charge < -0.3 is 24.9 Å². The maximum absolute atomic E-state index is 4.92. The van der Waals surface area contributed by atoms with E-state index < -0.39 is 0 Å². The lowest BCUT2D eigenvalue weighted by Crippen LogP contribution is -2.52. The van der Waals surface area contributed by atoms with Crippen LogP contribution in [0, 0.1) is 0 Å². The number of aryl methyl sites for hydroxylation is 1. The minimum Gasteiger partial charge on any atom is -0.357 e. The Bertz CT molecular complexity index is 639. The predicted molar refractivity (Wildman–Crippen MR) is 142 cm³/mol. The molecule has 0 atom stereocenters. The van der Waals surface area contributed by atoms with Crippen LogP contribution in [0.15, 0.2) is 4.99 Å². The summed E-state index contributed by atoms with van der Waals surface area (Å²) in [5.41, 5.74) is 0. The first-order valence-corrected chi connectivity index (χ1v) is 12.6. The van der Waals surface area contributed by atoms with Gasteiger partial charge in [0, 0.05) is 83.4 Å². The molecule has 0 aliphatic carbocycles. The van der Waals surface area contributed by atoms with Crippen molar-refractivity contribution in [3.63, 3.8) is 0 Å². The fourth-order valence-corrected chi connectivity index (χ4v) is 4.81. The Morgan fingerprint density at radius 2 is 1.68 bits per heavy atom. The highest BCUT2D eigenvalue weighted by Crippen LogP contribution is 2.19. The van der Waals surface area contributed by atoms with Crippen LogP contribution in [0.1, 0.15) is 39.4 Å². The van der Waals surface area contributed by atoms with Crippen LogP contribution < -0.4 is 10.2 Å². The van der Waals surface area contributed by atoms with Gasteiger partial charge in [-0.25, -0.2) is 4.98 Å². The van der Waals surface area contributed by atoms with Gasteiger partial charge in [-0.1, -0.05) is 13.8 Å². The van der Waals surface area contributed by atoms with Crippen molar-refractivity contribution in [3.8, 4) is 0 Å². The molecule has 0 unspecified atom stereocenters. The summed E-state index contributed by atoms with van der Waals surface area (Å²) in [4.78, 5) is 19.5. The van der Waals surface area contributed by atoms with Crippen molar-refractivity contribution in [2.24, 2.45) is 4.99 Å². The van der Waals surface area contributed by atoms with Crippen LogP contribution in [0.4, 0.5) is 5.13 Å². The maximum atomic E-state index is 4.92. The molecule has 1 aromatic heterocycles. The molecule has 0 saturated carbocycles. The lowest BCUT2D eigenvalue weighted by atomic mass is 10.2. The fraction of sp³-hybridized carbons (Fsp3) is 0.857. The molecule has 0 amide bonds. The molecule has 1 aromatic rings. The van der Waals surface area contributed by atoms with Gasteiger partial charge in [0.2, 0.25) is 5.13 Å². The van der Waals surface area contributed by atoms with Crippen LogP contribution >= 0.6 is 35.5 Å². The molecule has 0 bridgehead atoms. The van der Waals surface area contributed by atoms with Crippen molar-refractivity contribution in [1.29, 1.82) is 0 Å². The minimum atomic E-state index is 0. The molecule has 2 aliphatic heterocycles. The number of guanidine groups is 1. The van der Waals surface area contributed by atoms with E-state index in [0.29, 0.717) is 0 Å². The zero-order valence-corrected chi connectivity index (χ0v) is 22.7. The van der Waals surface area contributed by atoms with Gasteiger partial charge in [0.25, 0.3) is 0 Å². The summed E-state index contributed by atoms with van der Waals surface area (Å²) < 4.78 is 4.43. The molecule has 2 fully saturated rings. The summed E-state index contributed by atoms with van der Waals surface area (Å²) in [6, 6.07) is 0. The first-order chi connectivity index (χ1) is 14.7. The van der Waals surface area contributed by atoms with Gasteiger partial charge in [0.15, 0.2) is 5.96 Å². The number of aromatic nitrogens is 2. The molecular formula is C21H41IN8S. The summed E-state index contributed by atoms with van der Waals surface area (Å²) in [5, 5.41) is 4.55. The smallest absolute Gasteiger partial charge is 0.205 e. The second kappa shape index (κ2) is 14.4. The molecule has 31 heavy (non-hydrogen) atoms. The van der Waals surface area contributed by atoms with Gasteiger partial charge in [-0.3, -0.25) is 4.99 Å². The Morgan fingerprint density at radius 1 is 0.968 bits per heavy atom. The zero-order valence-electron chi connectivity index (χ0n) is 19.6. The average molecular weight is 565 g/mol. The van der Waals surface area contributed by atoms with E-state index in [4.69, 9.17) is 4.99 Å². The molecule has 2 saturated heterocycles. The number of nitrogens with one attached hydrogen (secondary N) is 1. The van der Waals surface area contributed by atoms with Gasteiger partial charge in [-0.05, 0) is 32.9 Å². The summed E-state index contributed by atoms with van der Waals surface area (Å²) >= 11 is 1.53. The van der Waals surface area contributed by atoms with Gasteiger partial charge in [0.05, 0.1) is 0 Å². The second-order valence-electron chi connectivity index (χ2n) is 8.04. The Labute approximate surface area is 209 Å². The van der Waals surface area contributed by atoms with E-state index in [9.17, 15) is 0 Å².